The fourth-order valence-electron chi connectivity index (χ4n) is 5.32. The van der Waals surface area contributed by atoms with Crippen molar-refractivity contribution in [3.05, 3.63) is 105 Å². The lowest BCUT2D eigenvalue weighted by molar-refractivity contribution is -0.123. The summed E-state index contributed by atoms with van der Waals surface area (Å²) in [4.78, 5) is 13.1. The molecule has 3 heteroatoms. The van der Waals surface area contributed by atoms with Crippen molar-refractivity contribution < 1.29 is 4.79 Å². The van der Waals surface area contributed by atoms with Crippen LogP contribution in [-0.4, -0.2) is 11.9 Å². The predicted octanol–water partition coefficient (Wildman–Crippen LogP) is 5.83. The molecule has 0 unspecified atom stereocenters. The van der Waals surface area contributed by atoms with Gasteiger partial charge < -0.3 is 11.1 Å². The number of fused-ring (bicyclic) bond motifs is 1. The maximum Gasteiger partial charge on any atom is 0.237 e. The third kappa shape index (κ3) is 5.36. The van der Waals surface area contributed by atoms with Gasteiger partial charge >= 0.3 is 0 Å². The summed E-state index contributed by atoms with van der Waals surface area (Å²) in [5, 5.41) is 3.29. The summed E-state index contributed by atoms with van der Waals surface area (Å²) in [6.45, 7) is 8.59. The zero-order chi connectivity index (χ0) is 23.5. The highest BCUT2D eigenvalue weighted by Crippen LogP contribution is 2.38. The van der Waals surface area contributed by atoms with Gasteiger partial charge in [-0.3, -0.25) is 4.79 Å². The van der Waals surface area contributed by atoms with E-state index in [2.05, 4.69) is 87.6 Å². The van der Waals surface area contributed by atoms with Crippen LogP contribution >= 0.6 is 0 Å². The van der Waals surface area contributed by atoms with Crippen molar-refractivity contribution in [2.45, 2.75) is 71.4 Å². The van der Waals surface area contributed by atoms with E-state index in [9.17, 15) is 4.79 Å². The first kappa shape index (κ1) is 23.3. The zero-order valence-corrected chi connectivity index (χ0v) is 20.3. The van der Waals surface area contributed by atoms with Crippen LogP contribution in [-0.2, 0) is 17.6 Å². The van der Waals surface area contributed by atoms with Crippen molar-refractivity contribution in [2.75, 3.05) is 0 Å². The number of hydrogen-bond acceptors (Lipinski definition) is 2. The van der Waals surface area contributed by atoms with Gasteiger partial charge in [0.15, 0.2) is 0 Å². The Morgan fingerprint density at radius 3 is 2.33 bits per heavy atom. The van der Waals surface area contributed by atoms with Gasteiger partial charge in [0, 0.05) is 0 Å². The Hall–Kier alpha value is -2.91. The molecule has 0 spiro atoms. The van der Waals surface area contributed by atoms with Gasteiger partial charge in [0.1, 0.15) is 0 Å². The molecule has 1 aliphatic carbocycles. The lowest BCUT2D eigenvalue weighted by Gasteiger charge is -2.32. The normalized spacial score (nSPS) is 18.5. The molecule has 3 atom stereocenters. The fraction of sp³-hybridized carbons (Fsp3) is 0.367. The highest BCUT2D eigenvalue weighted by atomic mass is 16.2. The smallest absolute Gasteiger partial charge is 0.237 e. The Labute approximate surface area is 198 Å². The van der Waals surface area contributed by atoms with Gasteiger partial charge in [-0.25, -0.2) is 0 Å². The van der Waals surface area contributed by atoms with Crippen molar-refractivity contribution in [2.24, 2.45) is 5.73 Å². The van der Waals surface area contributed by atoms with E-state index in [1.807, 2.05) is 6.07 Å². The summed E-state index contributed by atoms with van der Waals surface area (Å²) in [5.74, 6) is 0.443. The van der Waals surface area contributed by atoms with Gasteiger partial charge in [-0.2, -0.15) is 0 Å². The van der Waals surface area contributed by atoms with Crippen LogP contribution in [0.3, 0.4) is 0 Å². The highest BCUT2D eigenvalue weighted by Gasteiger charge is 2.28. The number of carbonyl (C=O) groups is 1. The number of rotatable bonds is 6. The molecule has 0 fully saturated rings. The van der Waals surface area contributed by atoms with Gasteiger partial charge in [0.25, 0.3) is 0 Å². The van der Waals surface area contributed by atoms with E-state index in [-0.39, 0.29) is 11.9 Å². The Morgan fingerprint density at radius 1 is 0.939 bits per heavy atom. The minimum absolute atomic E-state index is 0.0192. The quantitative estimate of drug-likeness (QED) is 0.507. The molecule has 172 valence electrons. The van der Waals surface area contributed by atoms with Gasteiger partial charge in [-0.15, -0.1) is 0 Å². The van der Waals surface area contributed by atoms with E-state index in [1.54, 1.807) is 0 Å². The number of nitrogens with one attached hydrogen (secondary N) is 1. The highest BCUT2D eigenvalue weighted by molar-refractivity contribution is 5.82. The van der Waals surface area contributed by atoms with Crippen LogP contribution in [0.1, 0.15) is 76.2 Å². The Morgan fingerprint density at radius 2 is 1.64 bits per heavy atom. The molecule has 0 heterocycles. The second kappa shape index (κ2) is 9.93. The summed E-state index contributed by atoms with van der Waals surface area (Å²) in [7, 11) is 0. The summed E-state index contributed by atoms with van der Waals surface area (Å²) in [6, 6.07) is 21.1. The molecule has 3 aromatic rings. The average molecular weight is 441 g/mol. The minimum Gasteiger partial charge on any atom is -0.348 e. The first-order valence-corrected chi connectivity index (χ1v) is 12.1. The van der Waals surface area contributed by atoms with E-state index in [1.165, 1.54) is 44.5 Å². The minimum atomic E-state index is -0.555. The lowest BCUT2D eigenvalue weighted by atomic mass is 9.79. The molecule has 1 amide bonds. The van der Waals surface area contributed by atoms with Crippen LogP contribution in [0.4, 0.5) is 0 Å². The van der Waals surface area contributed by atoms with Crippen LogP contribution in [0.15, 0.2) is 60.7 Å². The van der Waals surface area contributed by atoms with Gasteiger partial charge in [-0.05, 0) is 91.3 Å². The molecule has 3 aromatic carbocycles. The number of carbonyl (C=O) groups excluding carboxylic acids is 1. The number of amides is 1. The average Bonchev–Trinajstić information content (AvgIpc) is 2.78. The number of benzene rings is 3. The lowest BCUT2D eigenvalue weighted by Crippen LogP contribution is -2.44. The van der Waals surface area contributed by atoms with Crippen molar-refractivity contribution in [3.8, 4) is 0 Å². The SMILES string of the molecule is Cc1cc(C)c(C[C@H](N)C(=O)N[C@@H]2CC[C@@H](C)c3ccc(Cc4ccccc4)cc32)c(C)c1. The number of hydrogen-bond donors (Lipinski definition) is 2. The topological polar surface area (TPSA) is 55.1 Å². The largest absolute Gasteiger partial charge is 0.348 e. The maximum absolute atomic E-state index is 13.1. The molecule has 3 N–H and O–H groups in total. The Kier molecular flexibility index (Phi) is 6.99. The number of nitrogens with two attached hydrogens (primary N) is 1. The zero-order valence-electron chi connectivity index (χ0n) is 20.3. The Bertz CT molecular complexity index is 1110. The van der Waals surface area contributed by atoms with Crippen molar-refractivity contribution in [3.63, 3.8) is 0 Å². The maximum atomic E-state index is 13.1. The van der Waals surface area contributed by atoms with E-state index >= 15 is 0 Å². The van der Waals surface area contributed by atoms with E-state index in [0.29, 0.717) is 12.3 Å². The van der Waals surface area contributed by atoms with E-state index < -0.39 is 6.04 Å². The second-order valence-electron chi connectivity index (χ2n) is 9.85. The van der Waals surface area contributed by atoms with Gasteiger partial charge in [0.05, 0.1) is 12.1 Å². The van der Waals surface area contributed by atoms with Gasteiger partial charge in [0.2, 0.25) is 5.91 Å². The fourth-order valence-corrected chi connectivity index (χ4v) is 5.32. The monoisotopic (exact) mass is 440 g/mol. The van der Waals surface area contributed by atoms with Gasteiger partial charge in [-0.1, -0.05) is 73.2 Å². The van der Waals surface area contributed by atoms with Crippen LogP contribution in [0.5, 0.6) is 0 Å². The molecule has 0 bridgehead atoms. The molecule has 0 aromatic heterocycles. The molecule has 0 radical (unpaired) electrons. The third-order valence-corrected chi connectivity index (χ3v) is 7.11. The third-order valence-electron chi connectivity index (χ3n) is 7.11. The van der Waals surface area contributed by atoms with Crippen LogP contribution in [0, 0.1) is 20.8 Å². The molecule has 3 nitrogen and oxygen atoms in total. The summed E-state index contributed by atoms with van der Waals surface area (Å²) < 4.78 is 0. The van der Waals surface area contributed by atoms with Crippen LogP contribution in [0.2, 0.25) is 0 Å². The van der Waals surface area contributed by atoms with Crippen molar-refractivity contribution in [1.29, 1.82) is 0 Å². The second-order valence-corrected chi connectivity index (χ2v) is 9.85. The first-order chi connectivity index (χ1) is 15.8. The predicted molar refractivity (Wildman–Crippen MR) is 137 cm³/mol. The first-order valence-electron chi connectivity index (χ1n) is 12.1. The summed E-state index contributed by atoms with van der Waals surface area (Å²) in [6.07, 6.45) is 3.48. The van der Waals surface area contributed by atoms with Crippen molar-refractivity contribution in [1.82, 2.24) is 5.32 Å². The molecular weight excluding hydrogens is 404 g/mol. The standard InChI is InChI=1S/C30H36N2O/c1-19-14-21(3)26(22(4)15-19)18-28(31)30(33)32-29-13-10-20(2)25-12-11-24(17-27(25)29)16-23-8-6-5-7-9-23/h5-9,11-12,14-15,17,20,28-29H,10,13,16,18,31H2,1-4H3,(H,32,33)/t20-,28+,29-/m1/s1. The molecule has 0 saturated heterocycles. The van der Waals surface area contributed by atoms with Crippen LogP contribution < -0.4 is 11.1 Å². The Balaban J connectivity index is 1.51. The molecular formula is C30H36N2O. The molecule has 33 heavy (non-hydrogen) atoms. The van der Waals surface area contributed by atoms with Crippen molar-refractivity contribution >= 4 is 5.91 Å². The van der Waals surface area contributed by atoms with E-state index in [4.69, 9.17) is 5.73 Å². The molecule has 4 rings (SSSR count). The molecule has 0 aliphatic heterocycles. The summed E-state index contributed by atoms with van der Waals surface area (Å²) >= 11 is 0. The number of aryl methyl sites for hydroxylation is 3. The van der Waals surface area contributed by atoms with E-state index in [0.717, 1.165) is 19.3 Å². The summed E-state index contributed by atoms with van der Waals surface area (Å²) in [5.41, 5.74) is 16.4. The molecule has 0 saturated carbocycles. The molecule has 1 aliphatic rings. The van der Waals surface area contributed by atoms with Crippen LogP contribution in [0.25, 0.3) is 0 Å².